The zero-order valence-electron chi connectivity index (χ0n) is 40.3. The number of aromatic nitrogens is 1. The third-order valence-corrected chi connectivity index (χ3v) is 16.8. The van der Waals surface area contributed by atoms with Crippen molar-refractivity contribution < 1.29 is 37.9 Å². The van der Waals surface area contributed by atoms with Gasteiger partial charge in [-0.2, -0.15) is 0 Å². The van der Waals surface area contributed by atoms with Gasteiger partial charge in [0.05, 0.1) is 21.7 Å². The highest BCUT2D eigenvalue weighted by Gasteiger charge is 2.46. The maximum Gasteiger partial charge on any atom is 0.264 e. The molecule has 374 valence electrons. The topological polar surface area (TPSA) is 170 Å². The van der Waals surface area contributed by atoms with Crippen LogP contribution in [0.15, 0.2) is 66.9 Å². The second kappa shape index (κ2) is 21.0. The lowest BCUT2D eigenvalue weighted by Crippen LogP contribution is -2.54. The van der Waals surface area contributed by atoms with Crippen molar-refractivity contribution in [2.45, 2.75) is 121 Å². The molecule has 6 aliphatic rings. The molecule has 1 aromatic heterocycles. The van der Waals surface area contributed by atoms with E-state index >= 15 is 0 Å². The molecular formula is C55H63ClFN7O7. The molecule has 4 aromatic rings. The number of fused-ring (bicyclic) bond motifs is 2. The van der Waals surface area contributed by atoms with E-state index in [1.165, 1.54) is 6.07 Å². The molecule has 1 unspecified atom stereocenters. The number of hydrogen-bond donors (Lipinski definition) is 3. The highest BCUT2D eigenvalue weighted by atomic mass is 35.5. The SMILES string of the molecule is C[C@@H](C(=O)Nc1ccc(Cl)c(OC2CCN(C(=O)C3CCN(C[C@H]4CC[C@H](Nc5cccc6c5C(=O)N(C5CCC(=O)NC5=O)C6=O)CC4)CC3)CC2)c1)[C@H]1CC[C@@H](c2ccnc3ccc(F)cc32)CC1. The van der Waals surface area contributed by atoms with E-state index in [1.54, 1.807) is 48.7 Å². The Morgan fingerprint density at radius 1 is 0.845 bits per heavy atom. The lowest BCUT2D eigenvalue weighted by molar-refractivity contribution is -0.139. The van der Waals surface area contributed by atoms with Gasteiger partial charge in [-0.15, -0.1) is 0 Å². The fraction of sp³-hybridized carbons (Fsp3) is 0.509. The highest BCUT2D eigenvalue weighted by molar-refractivity contribution is 6.32. The Morgan fingerprint density at radius 3 is 2.35 bits per heavy atom. The third kappa shape index (κ3) is 10.5. The lowest BCUT2D eigenvalue weighted by atomic mass is 9.73. The Hall–Kier alpha value is -5.93. The van der Waals surface area contributed by atoms with Gasteiger partial charge in [0, 0.05) is 85.8 Å². The van der Waals surface area contributed by atoms with Crippen LogP contribution in [0.5, 0.6) is 5.75 Å². The van der Waals surface area contributed by atoms with E-state index in [-0.39, 0.29) is 65.9 Å². The molecule has 0 radical (unpaired) electrons. The van der Waals surface area contributed by atoms with Crippen LogP contribution >= 0.6 is 11.6 Å². The summed E-state index contributed by atoms with van der Waals surface area (Å²) in [4.78, 5) is 88.4. The van der Waals surface area contributed by atoms with Crippen LogP contribution in [0.25, 0.3) is 10.9 Å². The van der Waals surface area contributed by atoms with Gasteiger partial charge in [0.1, 0.15) is 23.7 Å². The summed E-state index contributed by atoms with van der Waals surface area (Å²) in [6.07, 6.45) is 12.6. The molecular weight excluding hydrogens is 925 g/mol. The summed E-state index contributed by atoms with van der Waals surface area (Å²) in [5.74, 6) is -0.677. The molecule has 6 amide bonds. The predicted molar refractivity (Wildman–Crippen MR) is 268 cm³/mol. The normalized spacial score (nSPS) is 25.2. The van der Waals surface area contributed by atoms with Crippen molar-refractivity contribution >= 4 is 69.3 Å². The van der Waals surface area contributed by atoms with Gasteiger partial charge in [-0.25, -0.2) is 4.39 Å². The fourth-order valence-electron chi connectivity index (χ4n) is 12.3. The molecule has 71 heavy (non-hydrogen) atoms. The van der Waals surface area contributed by atoms with Crippen molar-refractivity contribution in [1.29, 1.82) is 0 Å². The van der Waals surface area contributed by atoms with E-state index < -0.39 is 29.7 Å². The Morgan fingerprint density at radius 2 is 1.61 bits per heavy atom. The van der Waals surface area contributed by atoms with Gasteiger partial charge >= 0.3 is 0 Å². The smallest absolute Gasteiger partial charge is 0.264 e. The monoisotopic (exact) mass is 987 g/mol. The van der Waals surface area contributed by atoms with E-state index in [1.807, 2.05) is 24.0 Å². The van der Waals surface area contributed by atoms with Gasteiger partial charge in [-0.3, -0.25) is 44.0 Å². The lowest BCUT2D eigenvalue weighted by Gasteiger charge is -2.39. The summed E-state index contributed by atoms with van der Waals surface area (Å²) >= 11 is 6.62. The maximum absolute atomic E-state index is 14.1. The van der Waals surface area contributed by atoms with Gasteiger partial charge in [0.2, 0.25) is 23.6 Å². The zero-order valence-corrected chi connectivity index (χ0v) is 41.1. The number of nitrogens with one attached hydrogen (secondary N) is 3. The van der Waals surface area contributed by atoms with Crippen molar-refractivity contribution in [1.82, 2.24) is 25.0 Å². The summed E-state index contributed by atoms with van der Waals surface area (Å²) in [7, 11) is 0. The minimum Gasteiger partial charge on any atom is -0.489 e. The Bertz CT molecular complexity index is 2710. The third-order valence-electron chi connectivity index (χ3n) is 16.4. The molecule has 2 saturated carbocycles. The first-order valence-corrected chi connectivity index (χ1v) is 26.2. The van der Waals surface area contributed by atoms with E-state index in [0.717, 1.165) is 105 Å². The van der Waals surface area contributed by atoms with Gasteiger partial charge in [-0.1, -0.05) is 24.6 Å². The molecule has 10 rings (SSSR count). The van der Waals surface area contributed by atoms with Crippen molar-refractivity contribution in [2.24, 2.45) is 23.7 Å². The molecule has 2 aliphatic carbocycles. The van der Waals surface area contributed by atoms with Crippen LogP contribution in [-0.2, 0) is 19.2 Å². The summed E-state index contributed by atoms with van der Waals surface area (Å²) in [5, 5.41) is 10.3. The molecule has 4 aliphatic heterocycles. The molecule has 16 heteroatoms. The van der Waals surface area contributed by atoms with Gasteiger partial charge < -0.3 is 25.2 Å². The number of carbonyl (C=O) groups excluding carboxylic acids is 6. The maximum atomic E-state index is 14.1. The van der Waals surface area contributed by atoms with E-state index in [0.29, 0.717) is 65.5 Å². The first kappa shape index (κ1) is 48.7. The number of imide groups is 2. The fourth-order valence-corrected chi connectivity index (χ4v) is 12.4. The Kier molecular flexibility index (Phi) is 14.4. The van der Waals surface area contributed by atoms with Crippen molar-refractivity contribution in [3.8, 4) is 5.75 Å². The molecule has 5 fully saturated rings. The molecule has 0 spiro atoms. The average molecular weight is 989 g/mol. The minimum absolute atomic E-state index is 0.0108. The number of ether oxygens (including phenoxy) is 1. The Labute approximate surface area is 418 Å². The first-order chi connectivity index (χ1) is 34.4. The van der Waals surface area contributed by atoms with Gasteiger partial charge in [-0.05, 0) is 156 Å². The number of piperidine rings is 3. The van der Waals surface area contributed by atoms with E-state index in [2.05, 4.69) is 25.8 Å². The number of hydrogen-bond acceptors (Lipinski definition) is 10. The van der Waals surface area contributed by atoms with Gasteiger partial charge in [0.25, 0.3) is 11.8 Å². The van der Waals surface area contributed by atoms with E-state index in [9.17, 15) is 33.2 Å². The van der Waals surface area contributed by atoms with Crippen LogP contribution < -0.4 is 20.7 Å². The number of amides is 6. The number of rotatable bonds is 12. The highest BCUT2D eigenvalue weighted by Crippen LogP contribution is 2.42. The average Bonchev–Trinajstić information content (AvgIpc) is 3.64. The van der Waals surface area contributed by atoms with Crippen LogP contribution in [0.4, 0.5) is 15.8 Å². The second-order valence-corrected chi connectivity index (χ2v) is 21.3. The molecule has 3 saturated heterocycles. The number of carbonyl (C=O) groups is 6. The van der Waals surface area contributed by atoms with Crippen LogP contribution in [0, 0.1) is 29.5 Å². The number of halogens is 2. The number of anilines is 2. The van der Waals surface area contributed by atoms with Crippen LogP contribution in [0.3, 0.4) is 0 Å². The molecule has 2 atom stereocenters. The molecule has 5 heterocycles. The number of benzene rings is 3. The predicted octanol–water partition coefficient (Wildman–Crippen LogP) is 8.73. The largest absolute Gasteiger partial charge is 0.489 e. The summed E-state index contributed by atoms with van der Waals surface area (Å²) < 4.78 is 20.5. The molecule has 3 N–H and O–H groups in total. The molecule has 0 bridgehead atoms. The van der Waals surface area contributed by atoms with Crippen molar-refractivity contribution in [3.05, 3.63) is 94.4 Å². The number of likely N-dealkylation sites (tertiary alicyclic amines) is 2. The minimum atomic E-state index is -0.999. The second-order valence-electron chi connectivity index (χ2n) is 20.9. The van der Waals surface area contributed by atoms with Crippen molar-refractivity contribution in [2.75, 3.05) is 43.4 Å². The quantitative estimate of drug-likeness (QED) is 0.117. The summed E-state index contributed by atoms with van der Waals surface area (Å²) in [5.41, 5.74) is 3.75. The zero-order chi connectivity index (χ0) is 49.3. The van der Waals surface area contributed by atoms with Crippen LogP contribution in [-0.4, -0.2) is 106 Å². The standard InChI is InChI=1S/C55H63ClFN7O7/c1-32(34-7-9-35(10-8-34)41-19-24-58-45-16-11-37(57)29-43(41)45)51(66)60-39-14-15-44(56)48(30-39)71-40-22-27-63(28-23-40)53(68)36-20-25-62(26-21-36)31-33-5-12-38(13-6-33)59-46-4-2-3-42-50(46)55(70)64(54(42)69)47-17-18-49(65)61-52(47)67/h2-4,11,14-16,19,24,29-30,32-36,38,40,47,59H,5-10,12-13,17-18,20-23,25-28,31H2,1H3,(H,60,66)(H,61,65,67)/t32-,33-,34-,35+,38-,47?/m1/s1. The number of pyridine rings is 1. The van der Waals surface area contributed by atoms with Crippen molar-refractivity contribution in [3.63, 3.8) is 0 Å². The number of nitrogens with zero attached hydrogens (tertiary/aromatic N) is 4. The summed E-state index contributed by atoms with van der Waals surface area (Å²) in [6.45, 7) is 6.02. The van der Waals surface area contributed by atoms with Crippen LogP contribution in [0.1, 0.15) is 129 Å². The van der Waals surface area contributed by atoms with Crippen LogP contribution in [0.2, 0.25) is 5.02 Å². The summed E-state index contributed by atoms with van der Waals surface area (Å²) in [6, 6.07) is 16.5. The van der Waals surface area contributed by atoms with Gasteiger partial charge in [0.15, 0.2) is 0 Å². The van der Waals surface area contributed by atoms with E-state index in [4.69, 9.17) is 16.3 Å². The Balaban J connectivity index is 0.633. The first-order valence-electron chi connectivity index (χ1n) is 25.8. The molecule has 3 aromatic carbocycles. The molecule has 14 nitrogen and oxygen atoms in total.